The molecule has 0 aromatic heterocycles. The molecule has 14 heteroatoms. The minimum absolute atomic E-state index is 0.0000649. The first-order chi connectivity index (χ1) is 16.7. The van der Waals surface area contributed by atoms with Crippen LogP contribution in [0.3, 0.4) is 0 Å². The second-order valence-electron chi connectivity index (χ2n) is 8.32. The van der Waals surface area contributed by atoms with Crippen LogP contribution in [0.25, 0.3) is 0 Å². The molecule has 36 heavy (non-hydrogen) atoms. The highest BCUT2D eigenvalue weighted by molar-refractivity contribution is 5.81. The fraction of sp³-hybridized carbons (Fsp3) is 0.727. The lowest BCUT2D eigenvalue weighted by Crippen LogP contribution is -2.63. The average Bonchev–Trinajstić information content (AvgIpc) is 2.74. The maximum absolute atomic E-state index is 12.7. The lowest BCUT2D eigenvalue weighted by atomic mass is 9.98. The molecular weight excluding hydrogens is 486 g/mol. The Morgan fingerprint density at radius 2 is 1.31 bits per heavy atom. The van der Waals surface area contributed by atoms with Gasteiger partial charge in [-0.05, 0) is 12.3 Å². The standard InChI is InChI=1S/C22H33NO13/c1-10(2)8-15(20(28)30-7)23-22(29)36-21-19(34-14(6)27)18(33-13(5)26)17(32-12(4)25)16(35-21)9-31-11(3)24/h10,15-19,21H,8-9H2,1-7H3,(H,23,29)/t15-,16+,17+,18-,19+,21?/m0/s1. The molecule has 6 atom stereocenters. The summed E-state index contributed by atoms with van der Waals surface area (Å²) in [6.07, 6.45) is -8.43. The molecule has 0 radical (unpaired) electrons. The van der Waals surface area contributed by atoms with E-state index in [1.54, 1.807) is 0 Å². The van der Waals surface area contributed by atoms with Crippen molar-refractivity contribution < 1.29 is 61.9 Å². The zero-order valence-corrected chi connectivity index (χ0v) is 21.3. The van der Waals surface area contributed by atoms with Gasteiger partial charge in [-0.2, -0.15) is 0 Å². The Labute approximate surface area is 208 Å². The Kier molecular flexibility index (Phi) is 12.1. The molecule has 1 aliphatic rings. The van der Waals surface area contributed by atoms with Crippen molar-refractivity contribution in [1.82, 2.24) is 5.32 Å². The minimum atomic E-state index is -1.72. The van der Waals surface area contributed by atoms with Crippen molar-refractivity contribution in [3.8, 4) is 0 Å². The molecule has 1 aliphatic heterocycles. The number of hydrogen-bond donors (Lipinski definition) is 1. The van der Waals surface area contributed by atoms with Gasteiger partial charge >= 0.3 is 35.9 Å². The Morgan fingerprint density at radius 3 is 1.78 bits per heavy atom. The van der Waals surface area contributed by atoms with E-state index >= 15 is 0 Å². The first-order valence-electron chi connectivity index (χ1n) is 11.1. The Balaban J connectivity index is 3.32. The van der Waals surface area contributed by atoms with Crippen LogP contribution in [0, 0.1) is 5.92 Å². The summed E-state index contributed by atoms with van der Waals surface area (Å²) in [7, 11) is 1.15. The maximum Gasteiger partial charge on any atom is 0.410 e. The number of carbonyl (C=O) groups excluding carboxylic acids is 6. The predicted octanol–water partition coefficient (Wildman–Crippen LogP) is 0.383. The van der Waals surface area contributed by atoms with Crippen molar-refractivity contribution in [3.63, 3.8) is 0 Å². The molecule has 1 heterocycles. The van der Waals surface area contributed by atoms with Gasteiger partial charge in [-0.3, -0.25) is 19.2 Å². The number of ether oxygens (including phenoxy) is 7. The van der Waals surface area contributed by atoms with E-state index in [0.717, 1.165) is 34.8 Å². The number of hydrogen-bond acceptors (Lipinski definition) is 13. The zero-order valence-electron chi connectivity index (χ0n) is 21.3. The SMILES string of the molecule is COC(=O)[C@H](CC(C)C)NC(=O)OC1O[C@H](COC(C)=O)[C@@H](OC(C)=O)[C@H](OC(C)=O)[C@H]1OC(C)=O. The largest absolute Gasteiger partial charge is 0.467 e. The minimum Gasteiger partial charge on any atom is -0.467 e. The number of rotatable bonds is 10. The summed E-state index contributed by atoms with van der Waals surface area (Å²) in [5, 5.41) is 2.35. The molecule has 1 rings (SSSR count). The molecule has 14 nitrogen and oxygen atoms in total. The highest BCUT2D eigenvalue weighted by Crippen LogP contribution is 2.30. The van der Waals surface area contributed by atoms with Gasteiger partial charge in [0.25, 0.3) is 0 Å². The smallest absolute Gasteiger partial charge is 0.410 e. The zero-order chi connectivity index (χ0) is 27.6. The summed E-state index contributed by atoms with van der Waals surface area (Å²) < 4.78 is 36.3. The number of nitrogens with one attached hydrogen (secondary N) is 1. The molecule has 1 fully saturated rings. The molecule has 0 aromatic carbocycles. The summed E-state index contributed by atoms with van der Waals surface area (Å²) in [4.78, 5) is 71.5. The second-order valence-corrected chi connectivity index (χ2v) is 8.32. The van der Waals surface area contributed by atoms with E-state index in [1.807, 2.05) is 13.8 Å². The van der Waals surface area contributed by atoms with E-state index in [4.69, 9.17) is 33.2 Å². The van der Waals surface area contributed by atoms with Crippen molar-refractivity contribution in [2.45, 2.75) is 84.7 Å². The molecule has 1 unspecified atom stereocenters. The van der Waals surface area contributed by atoms with Crippen LogP contribution in [-0.4, -0.2) is 86.4 Å². The van der Waals surface area contributed by atoms with Crippen molar-refractivity contribution >= 4 is 35.9 Å². The quantitative estimate of drug-likeness (QED) is 0.309. The molecule has 0 spiro atoms. The van der Waals surface area contributed by atoms with E-state index in [2.05, 4.69) is 5.32 Å². The number of esters is 5. The van der Waals surface area contributed by atoms with Gasteiger partial charge < -0.3 is 38.5 Å². The molecule has 204 valence electrons. The molecule has 0 saturated carbocycles. The molecule has 1 saturated heterocycles. The van der Waals surface area contributed by atoms with Gasteiger partial charge in [0.2, 0.25) is 12.4 Å². The average molecular weight is 520 g/mol. The van der Waals surface area contributed by atoms with Gasteiger partial charge in [0.1, 0.15) is 18.8 Å². The molecule has 0 bridgehead atoms. The van der Waals surface area contributed by atoms with Crippen LogP contribution < -0.4 is 5.32 Å². The fourth-order valence-electron chi connectivity index (χ4n) is 3.39. The third-order valence-electron chi connectivity index (χ3n) is 4.66. The van der Waals surface area contributed by atoms with E-state index < -0.39 is 79.3 Å². The monoisotopic (exact) mass is 519 g/mol. The molecular formula is C22H33NO13. The number of methoxy groups -OCH3 is 1. The second kappa shape index (κ2) is 14.2. The van der Waals surface area contributed by atoms with Crippen LogP contribution in [-0.2, 0) is 57.1 Å². The number of amides is 1. The first kappa shape index (κ1) is 30.6. The Morgan fingerprint density at radius 1 is 0.778 bits per heavy atom. The van der Waals surface area contributed by atoms with Crippen LogP contribution in [0.5, 0.6) is 0 Å². The van der Waals surface area contributed by atoms with Crippen LogP contribution >= 0.6 is 0 Å². The normalized spacial score (nSPS) is 24.1. The maximum atomic E-state index is 12.7. The van der Waals surface area contributed by atoms with Crippen molar-refractivity contribution in [2.75, 3.05) is 13.7 Å². The van der Waals surface area contributed by atoms with Crippen LogP contribution in [0.4, 0.5) is 4.79 Å². The van der Waals surface area contributed by atoms with E-state index in [0.29, 0.717) is 0 Å². The van der Waals surface area contributed by atoms with Crippen LogP contribution in [0.15, 0.2) is 0 Å². The third kappa shape index (κ3) is 10.1. The van der Waals surface area contributed by atoms with Gasteiger partial charge in [-0.15, -0.1) is 0 Å². The fourth-order valence-corrected chi connectivity index (χ4v) is 3.39. The highest BCUT2D eigenvalue weighted by Gasteiger charge is 2.54. The molecule has 0 aromatic rings. The van der Waals surface area contributed by atoms with Crippen molar-refractivity contribution in [3.05, 3.63) is 0 Å². The first-order valence-corrected chi connectivity index (χ1v) is 11.1. The Hall–Kier alpha value is -3.42. The molecule has 0 aliphatic carbocycles. The summed E-state index contributed by atoms with van der Waals surface area (Å²) in [6.45, 7) is 7.46. The highest BCUT2D eigenvalue weighted by atomic mass is 16.8. The van der Waals surface area contributed by atoms with Crippen molar-refractivity contribution in [2.24, 2.45) is 5.92 Å². The topological polar surface area (TPSA) is 179 Å². The van der Waals surface area contributed by atoms with Gasteiger partial charge in [0, 0.05) is 27.7 Å². The predicted molar refractivity (Wildman–Crippen MR) is 117 cm³/mol. The lowest BCUT2D eigenvalue weighted by molar-refractivity contribution is -0.294. The lowest BCUT2D eigenvalue weighted by Gasteiger charge is -2.43. The Bertz CT molecular complexity index is 827. The van der Waals surface area contributed by atoms with Gasteiger partial charge in [-0.1, -0.05) is 13.8 Å². The van der Waals surface area contributed by atoms with Crippen LogP contribution in [0.2, 0.25) is 0 Å². The number of carbonyl (C=O) groups is 6. The van der Waals surface area contributed by atoms with Gasteiger partial charge in [-0.25, -0.2) is 9.59 Å². The molecule has 1 amide bonds. The summed E-state index contributed by atoms with van der Waals surface area (Å²) in [5.41, 5.74) is 0. The molecule has 1 N–H and O–H groups in total. The van der Waals surface area contributed by atoms with E-state index in [1.165, 1.54) is 0 Å². The summed E-state index contributed by atoms with van der Waals surface area (Å²) in [5.74, 6) is -3.92. The number of alkyl carbamates (subject to hydrolysis) is 1. The van der Waals surface area contributed by atoms with E-state index in [-0.39, 0.29) is 12.3 Å². The summed E-state index contributed by atoms with van der Waals surface area (Å²) in [6, 6.07) is -1.06. The van der Waals surface area contributed by atoms with Gasteiger partial charge in [0.05, 0.1) is 7.11 Å². The van der Waals surface area contributed by atoms with E-state index in [9.17, 15) is 28.8 Å². The van der Waals surface area contributed by atoms with Crippen LogP contribution in [0.1, 0.15) is 48.0 Å². The summed E-state index contributed by atoms with van der Waals surface area (Å²) >= 11 is 0. The van der Waals surface area contributed by atoms with Crippen molar-refractivity contribution in [1.29, 1.82) is 0 Å². The van der Waals surface area contributed by atoms with Gasteiger partial charge in [0.15, 0.2) is 12.2 Å². The third-order valence-corrected chi connectivity index (χ3v) is 4.66.